The van der Waals surface area contributed by atoms with Crippen LogP contribution in [0.3, 0.4) is 0 Å². The normalized spacial score (nSPS) is 10.6. The van der Waals surface area contributed by atoms with Gasteiger partial charge in [-0.15, -0.1) is 21.5 Å². The van der Waals surface area contributed by atoms with Crippen molar-refractivity contribution in [1.82, 2.24) is 10.2 Å². The third-order valence-corrected chi connectivity index (χ3v) is 4.17. The van der Waals surface area contributed by atoms with Gasteiger partial charge >= 0.3 is 0 Å². The van der Waals surface area contributed by atoms with Crippen LogP contribution < -0.4 is 5.32 Å². The Labute approximate surface area is 132 Å². The lowest BCUT2D eigenvalue weighted by Gasteiger charge is -2.03. The second-order valence-corrected chi connectivity index (χ2v) is 5.94. The van der Waals surface area contributed by atoms with Crippen molar-refractivity contribution in [3.8, 4) is 10.8 Å². The number of rotatable bonds is 4. The monoisotopic (exact) mass is 313 g/mol. The summed E-state index contributed by atoms with van der Waals surface area (Å²) in [5.41, 5.74) is 2.99. The number of benzene rings is 1. The first-order chi connectivity index (χ1) is 10.6. The van der Waals surface area contributed by atoms with Gasteiger partial charge in [0, 0.05) is 5.69 Å². The molecule has 22 heavy (non-hydrogen) atoms. The minimum atomic E-state index is -0.179. The van der Waals surface area contributed by atoms with Crippen LogP contribution in [0.25, 0.3) is 10.8 Å². The largest absolute Gasteiger partial charge is 0.419 e. The van der Waals surface area contributed by atoms with Gasteiger partial charge in [-0.05, 0) is 43.0 Å². The van der Waals surface area contributed by atoms with Crippen LogP contribution in [0.1, 0.15) is 17.0 Å². The van der Waals surface area contributed by atoms with Crippen LogP contribution in [0.4, 0.5) is 5.69 Å². The number of anilines is 1. The first-order valence-electron chi connectivity index (χ1n) is 6.85. The van der Waals surface area contributed by atoms with Gasteiger partial charge in [-0.1, -0.05) is 17.7 Å². The summed E-state index contributed by atoms with van der Waals surface area (Å²) < 4.78 is 5.56. The molecule has 1 aromatic carbocycles. The van der Waals surface area contributed by atoms with E-state index in [9.17, 15) is 4.79 Å². The molecule has 0 aliphatic carbocycles. The van der Waals surface area contributed by atoms with Gasteiger partial charge in [0.2, 0.25) is 11.8 Å². The molecule has 112 valence electrons. The van der Waals surface area contributed by atoms with E-state index in [0.717, 1.165) is 21.7 Å². The molecule has 0 saturated heterocycles. The van der Waals surface area contributed by atoms with Crippen molar-refractivity contribution >= 4 is 22.9 Å². The number of hydrogen-bond donors (Lipinski definition) is 1. The van der Waals surface area contributed by atoms with Gasteiger partial charge in [0.05, 0.1) is 4.88 Å². The lowest BCUT2D eigenvalue weighted by molar-refractivity contribution is -0.115. The van der Waals surface area contributed by atoms with Gasteiger partial charge < -0.3 is 9.73 Å². The van der Waals surface area contributed by atoms with Gasteiger partial charge in [0.1, 0.15) is 6.42 Å². The maximum atomic E-state index is 12.0. The highest BCUT2D eigenvalue weighted by Crippen LogP contribution is 2.27. The van der Waals surface area contributed by atoms with Gasteiger partial charge in [-0.25, -0.2) is 0 Å². The zero-order valence-electron chi connectivity index (χ0n) is 12.3. The van der Waals surface area contributed by atoms with Crippen molar-refractivity contribution in [3.63, 3.8) is 0 Å². The topological polar surface area (TPSA) is 68.0 Å². The average Bonchev–Trinajstić information content (AvgIpc) is 3.10. The first kappa shape index (κ1) is 14.5. The number of nitrogens with zero attached hydrogens (tertiary/aromatic N) is 2. The lowest BCUT2D eigenvalue weighted by Crippen LogP contribution is -2.14. The molecule has 0 fully saturated rings. The fourth-order valence-corrected chi connectivity index (χ4v) is 2.83. The number of thiophene rings is 1. The third-order valence-electron chi connectivity index (χ3n) is 3.17. The number of nitrogens with one attached hydrogen (secondary N) is 1. The number of hydrogen-bond acceptors (Lipinski definition) is 5. The summed E-state index contributed by atoms with van der Waals surface area (Å²) in [6, 6.07) is 9.61. The number of amides is 1. The Morgan fingerprint density at radius 3 is 2.64 bits per heavy atom. The Balaban J connectivity index is 1.66. The molecular weight excluding hydrogens is 298 g/mol. The van der Waals surface area contributed by atoms with Crippen LogP contribution in [0.15, 0.2) is 40.1 Å². The molecule has 0 aliphatic rings. The van der Waals surface area contributed by atoms with Crippen LogP contribution in [0.5, 0.6) is 0 Å². The predicted molar refractivity (Wildman–Crippen MR) is 85.9 cm³/mol. The highest BCUT2D eigenvalue weighted by Gasteiger charge is 2.14. The summed E-state index contributed by atoms with van der Waals surface area (Å²) in [7, 11) is 0. The Bertz CT molecular complexity index is 790. The molecule has 1 N–H and O–H groups in total. The number of aromatic nitrogens is 2. The van der Waals surface area contributed by atoms with Crippen molar-refractivity contribution in [1.29, 1.82) is 0 Å². The fourth-order valence-electron chi connectivity index (χ4n) is 1.99. The second kappa shape index (κ2) is 6.11. The fraction of sp³-hybridized carbons (Fsp3) is 0.188. The van der Waals surface area contributed by atoms with Crippen molar-refractivity contribution in [2.75, 3.05) is 5.32 Å². The number of carbonyl (C=O) groups excluding carboxylic acids is 1. The minimum absolute atomic E-state index is 0.0608. The van der Waals surface area contributed by atoms with E-state index in [-0.39, 0.29) is 12.3 Å². The molecule has 0 bridgehead atoms. The van der Waals surface area contributed by atoms with E-state index in [1.807, 2.05) is 49.6 Å². The van der Waals surface area contributed by atoms with Crippen molar-refractivity contribution < 1.29 is 9.21 Å². The second-order valence-electron chi connectivity index (χ2n) is 5.02. The van der Waals surface area contributed by atoms with Crippen molar-refractivity contribution in [3.05, 3.63) is 52.7 Å². The smallest absolute Gasteiger partial charge is 0.258 e. The third kappa shape index (κ3) is 3.23. The molecular formula is C16H15N3O2S. The van der Waals surface area contributed by atoms with Gasteiger partial charge in [0.25, 0.3) is 5.89 Å². The zero-order valence-corrected chi connectivity index (χ0v) is 13.1. The molecule has 0 aliphatic heterocycles. The minimum Gasteiger partial charge on any atom is -0.419 e. The highest BCUT2D eigenvalue weighted by atomic mass is 32.1. The maximum absolute atomic E-state index is 12.0. The van der Waals surface area contributed by atoms with E-state index in [0.29, 0.717) is 11.8 Å². The molecule has 1 amide bonds. The summed E-state index contributed by atoms with van der Waals surface area (Å²) in [4.78, 5) is 12.9. The van der Waals surface area contributed by atoms with Gasteiger partial charge in [-0.3, -0.25) is 4.79 Å². The molecule has 2 aromatic heterocycles. The summed E-state index contributed by atoms with van der Waals surface area (Å²) in [5.74, 6) is 0.597. The summed E-state index contributed by atoms with van der Waals surface area (Å²) in [6.45, 7) is 3.98. The molecule has 2 heterocycles. The molecule has 0 spiro atoms. The Morgan fingerprint density at radius 1 is 1.18 bits per heavy atom. The van der Waals surface area contributed by atoms with Crippen molar-refractivity contribution in [2.24, 2.45) is 0 Å². The quantitative estimate of drug-likeness (QED) is 0.799. The van der Waals surface area contributed by atoms with E-state index < -0.39 is 0 Å². The Morgan fingerprint density at radius 2 is 1.95 bits per heavy atom. The van der Waals surface area contributed by atoms with Crippen molar-refractivity contribution in [2.45, 2.75) is 20.3 Å². The summed E-state index contributed by atoms with van der Waals surface area (Å²) >= 11 is 1.54. The Hall–Kier alpha value is -2.47. The molecule has 0 unspecified atom stereocenters. The van der Waals surface area contributed by atoms with E-state index >= 15 is 0 Å². The SMILES string of the molecule is Cc1ccc(NC(=O)Cc2nnc(-c3sccc3C)o2)cc1. The molecule has 6 heteroatoms. The number of aryl methyl sites for hydroxylation is 2. The van der Waals surface area contributed by atoms with Crippen LogP contribution in [0.2, 0.25) is 0 Å². The molecule has 0 saturated carbocycles. The van der Waals surface area contributed by atoms with E-state index in [4.69, 9.17) is 4.42 Å². The van der Waals surface area contributed by atoms with E-state index in [1.165, 1.54) is 0 Å². The van der Waals surface area contributed by atoms with Crippen LogP contribution in [-0.4, -0.2) is 16.1 Å². The van der Waals surface area contributed by atoms with Gasteiger partial charge in [0.15, 0.2) is 0 Å². The predicted octanol–water partition coefficient (Wildman–Crippen LogP) is 3.60. The molecule has 3 aromatic rings. The molecule has 5 nitrogen and oxygen atoms in total. The van der Waals surface area contributed by atoms with Crippen LogP contribution in [-0.2, 0) is 11.2 Å². The van der Waals surface area contributed by atoms with Crippen LogP contribution >= 0.6 is 11.3 Å². The Kier molecular flexibility index (Phi) is 4.02. The number of carbonyl (C=O) groups is 1. The average molecular weight is 313 g/mol. The molecule has 0 atom stereocenters. The van der Waals surface area contributed by atoms with E-state index in [2.05, 4.69) is 15.5 Å². The lowest BCUT2D eigenvalue weighted by atomic mass is 10.2. The maximum Gasteiger partial charge on any atom is 0.258 e. The van der Waals surface area contributed by atoms with Crippen LogP contribution in [0, 0.1) is 13.8 Å². The highest BCUT2D eigenvalue weighted by molar-refractivity contribution is 7.13. The zero-order chi connectivity index (χ0) is 15.5. The standard InChI is InChI=1S/C16H15N3O2S/c1-10-3-5-12(6-4-10)17-13(20)9-14-18-19-16(21-14)15-11(2)7-8-22-15/h3-8H,9H2,1-2H3,(H,17,20). The molecule has 0 radical (unpaired) electrons. The van der Waals surface area contributed by atoms with E-state index in [1.54, 1.807) is 11.3 Å². The van der Waals surface area contributed by atoms with Gasteiger partial charge in [-0.2, -0.15) is 0 Å². The first-order valence-corrected chi connectivity index (χ1v) is 7.73. The summed E-state index contributed by atoms with van der Waals surface area (Å²) in [6.07, 6.45) is 0.0608. The molecule has 3 rings (SSSR count). The summed E-state index contributed by atoms with van der Waals surface area (Å²) in [5, 5.41) is 12.7.